The monoisotopic (exact) mass is 837 g/mol. The molecular weight excluding hydrogens is 786 g/mol. The van der Waals surface area contributed by atoms with E-state index in [0.29, 0.717) is 5.41 Å². The van der Waals surface area contributed by atoms with Crippen LogP contribution in [0.4, 0.5) is 22.7 Å². The van der Waals surface area contributed by atoms with Crippen LogP contribution in [0.15, 0.2) is 188 Å². The highest BCUT2D eigenvalue weighted by molar-refractivity contribution is 6.99. The fourth-order valence-electron chi connectivity index (χ4n) is 14.8. The van der Waals surface area contributed by atoms with Crippen LogP contribution in [-0.2, 0) is 10.8 Å². The van der Waals surface area contributed by atoms with Crippen molar-refractivity contribution in [2.45, 2.75) is 49.4 Å². The van der Waals surface area contributed by atoms with Crippen molar-refractivity contribution in [3.63, 3.8) is 0 Å². The highest BCUT2D eigenvalue weighted by Crippen LogP contribution is 2.61. The summed E-state index contributed by atoms with van der Waals surface area (Å²) in [6, 6.07) is 72.2. The predicted octanol–water partition coefficient (Wildman–Crippen LogP) is 12.3. The number of rotatable bonds is 6. The van der Waals surface area contributed by atoms with E-state index in [2.05, 4.69) is 217 Å². The van der Waals surface area contributed by atoms with Crippen LogP contribution in [0.2, 0.25) is 0 Å². The van der Waals surface area contributed by atoms with Crippen LogP contribution in [-0.4, -0.2) is 25.4 Å². The summed E-state index contributed by atoms with van der Waals surface area (Å²) >= 11 is 0. The maximum Gasteiger partial charge on any atom is 0.250 e. The van der Waals surface area contributed by atoms with Crippen molar-refractivity contribution < 1.29 is 0 Å². The summed E-state index contributed by atoms with van der Waals surface area (Å²) in [5, 5.41) is 2.73. The van der Waals surface area contributed by atoms with Crippen molar-refractivity contribution in [2.75, 3.05) is 23.9 Å². The Morgan fingerprint density at radius 1 is 0.477 bits per heavy atom. The molecule has 0 spiro atoms. The molecular formula is C61H52BN3. The zero-order chi connectivity index (χ0) is 43.0. The molecule has 4 heteroatoms. The molecule has 65 heavy (non-hydrogen) atoms. The molecule has 3 heterocycles. The minimum atomic E-state index is -0.582. The van der Waals surface area contributed by atoms with E-state index in [-0.39, 0.29) is 6.71 Å². The lowest BCUT2D eigenvalue weighted by atomic mass is 9.29. The number of hydrogen-bond acceptors (Lipinski definition) is 2. The van der Waals surface area contributed by atoms with Gasteiger partial charge in [0.15, 0.2) is 0 Å². The zero-order valence-corrected chi connectivity index (χ0v) is 37.3. The summed E-state index contributed by atoms with van der Waals surface area (Å²) in [6.45, 7) is -0.0402. The molecule has 2 aliphatic heterocycles. The Morgan fingerprint density at radius 3 is 1.74 bits per heavy atom. The highest BCUT2D eigenvalue weighted by Gasteiger charge is 2.53. The van der Waals surface area contributed by atoms with Crippen molar-refractivity contribution in [3.8, 4) is 5.69 Å². The highest BCUT2D eigenvalue weighted by atomic mass is 15.2. The van der Waals surface area contributed by atoms with E-state index in [0.717, 1.165) is 17.8 Å². The average Bonchev–Trinajstić information content (AvgIpc) is 3.67. The third-order valence-electron chi connectivity index (χ3n) is 16.9. The largest absolute Gasteiger partial charge is 0.378 e. The van der Waals surface area contributed by atoms with Gasteiger partial charge in [0, 0.05) is 53.3 Å². The van der Waals surface area contributed by atoms with Gasteiger partial charge in [0.2, 0.25) is 6.71 Å². The molecule has 3 nitrogen and oxygen atoms in total. The van der Waals surface area contributed by atoms with Gasteiger partial charge in [-0.3, -0.25) is 0 Å². The lowest BCUT2D eigenvalue weighted by Crippen LogP contribution is -2.65. The maximum atomic E-state index is 2.65. The van der Waals surface area contributed by atoms with Crippen LogP contribution in [0.25, 0.3) is 27.5 Å². The van der Waals surface area contributed by atoms with Crippen LogP contribution < -0.4 is 26.2 Å². The molecule has 0 saturated heterocycles. The topological polar surface area (TPSA) is 11.4 Å². The Hall–Kier alpha value is -6.78. The van der Waals surface area contributed by atoms with E-state index in [1.807, 2.05) is 0 Å². The van der Waals surface area contributed by atoms with Gasteiger partial charge in [-0.05, 0) is 161 Å². The SMILES string of the molecule is CN(C)c1ccc2c(c1)C(c1ccccc1)(c1ccccc1)c1cccc3c1B2c1c(cccc1-n1c2ccccc2c2cc(C45CC6CC(CC(C6)C4)C5)ccc21)N3c1ccccc1. The smallest absolute Gasteiger partial charge is 0.250 e. The molecule has 9 aromatic rings. The molecule has 4 bridgehead atoms. The molecule has 0 N–H and O–H groups in total. The molecule has 0 unspecified atom stereocenters. The number of nitrogens with zero attached hydrogens (tertiary/aromatic N) is 3. The van der Waals surface area contributed by atoms with Gasteiger partial charge < -0.3 is 14.4 Å². The number of hydrogen-bond donors (Lipinski definition) is 0. The van der Waals surface area contributed by atoms with E-state index in [4.69, 9.17) is 0 Å². The third-order valence-corrected chi connectivity index (χ3v) is 16.9. The first kappa shape index (κ1) is 37.6. The Balaban J connectivity index is 1.09. The molecule has 15 rings (SSSR count). The first-order chi connectivity index (χ1) is 32.0. The first-order valence-corrected chi connectivity index (χ1v) is 24.1. The van der Waals surface area contributed by atoms with Crippen molar-refractivity contribution in [3.05, 3.63) is 216 Å². The lowest BCUT2D eigenvalue weighted by Gasteiger charge is -2.57. The number of anilines is 4. The number of aromatic nitrogens is 1. The summed E-state index contributed by atoms with van der Waals surface area (Å²) in [6.07, 6.45) is 8.50. The molecule has 1 aromatic heterocycles. The van der Waals surface area contributed by atoms with Gasteiger partial charge in [0.1, 0.15) is 0 Å². The van der Waals surface area contributed by atoms with Gasteiger partial charge >= 0.3 is 0 Å². The van der Waals surface area contributed by atoms with Crippen LogP contribution in [0.3, 0.4) is 0 Å². The normalized spacial score (nSPS) is 21.9. The molecule has 4 fully saturated rings. The Labute approximate surface area is 383 Å². The summed E-state index contributed by atoms with van der Waals surface area (Å²) in [7, 11) is 4.35. The maximum absolute atomic E-state index is 2.65. The second kappa shape index (κ2) is 13.9. The van der Waals surface area contributed by atoms with Gasteiger partial charge in [-0.1, -0.05) is 133 Å². The van der Waals surface area contributed by atoms with E-state index < -0.39 is 5.41 Å². The first-order valence-electron chi connectivity index (χ1n) is 24.1. The molecule has 0 amide bonds. The van der Waals surface area contributed by atoms with Crippen molar-refractivity contribution in [1.82, 2.24) is 4.57 Å². The van der Waals surface area contributed by atoms with Gasteiger partial charge in [-0.25, -0.2) is 0 Å². The Kier molecular flexibility index (Phi) is 8.02. The molecule has 314 valence electrons. The van der Waals surface area contributed by atoms with Crippen LogP contribution in [0, 0.1) is 17.8 Å². The van der Waals surface area contributed by atoms with Crippen molar-refractivity contribution >= 4 is 67.7 Å². The van der Waals surface area contributed by atoms with Gasteiger partial charge in [0.05, 0.1) is 16.4 Å². The number of benzene rings is 8. The summed E-state index contributed by atoms with van der Waals surface area (Å²) in [5.74, 6) is 2.72. The lowest BCUT2D eigenvalue weighted by molar-refractivity contribution is -0.00512. The quantitative estimate of drug-likeness (QED) is 0.155. The molecule has 8 aromatic carbocycles. The Bertz CT molecular complexity index is 3270. The fourth-order valence-corrected chi connectivity index (χ4v) is 14.8. The van der Waals surface area contributed by atoms with Crippen LogP contribution >= 0.6 is 0 Å². The average molecular weight is 838 g/mol. The zero-order valence-electron chi connectivity index (χ0n) is 37.3. The van der Waals surface area contributed by atoms with E-state index in [1.165, 1.54) is 127 Å². The van der Waals surface area contributed by atoms with E-state index >= 15 is 0 Å². The van der Waals surface area contributed by atoms with Gasteiger partial charge in [0.25, 0.3) is 0 Å². The minimum absolute atomic E-state index is 0.0402. The molecule has 0 atom stereocenters. The van der Waals surface area contributed by atoms with Crippen LogP contribution in [0.1, 0.15) is 66.3 Å². The second-order valence-electron chi connectivity index (χ2n) is 20.5. The van der Waals surface area contributed by atoms with Crippen molar-refractivity contribution in [2.24, 2.45) is 17.8 Å². The molecule has 4 aliphatic carbocycles. The Morgan fingerprint density at radius 2 is 1.06 bits per heavy atom. The summed E-state index contributed by atoms with van der Waals surface area (Å²) < 4.78 is 2.63. The summed E-state index contributed by atoms with van der Waals surface area (Å²) in [5.41, 5.74) is 19.3. The second-order valence-corrected chi connectivity index (χ2v) is 20.5. The van der Waals surface area contributed by atoms with E-state index in [9.17, 15) is 0 Å². The minimum Gasteiger partial charge on any atom is -0.378 e. The molecule has 0 radical (unpaired) electrons. The van der Waals surface area contributed by atoms with Gasteiger partial charge in [-0.2, -0.15) is 0 Å². The molecule has 4 saturated carbocycles. The molecule has 6 aliphatic rings. The van der Waals surface area contributed by atoms with Crippen molar-refractivity contribution in [1.29, 1.82) is 0 Å². The fraction of sp³-hybridized carbons (Fsp3) is 0.213. The standard InChI is InChI=1S/C61H52BN3/c1-63(2)47-29-30-52-51(36-47)61(43-16-6-3-7-17-43,44-18-8-4-9-19-44)50-23-14-25-55-58(50)62(52)59-56(64(55)46-20-10-5-11-21-46)26-15-27-57(59)65-53-24-13-12-22-48(53)49-35-45(28-31-54(49)65)60-37-40-32-41(38-60)34-42(33-40)39-60/h3-31,35-36,40-42H,32-34,37-39H2,1-2H3. The van der Waals surface area contributed by atoms with E-state index in [1.54, 1.807) is 5.56 Å². The summed E-state index contributed by atoms with van der Waals surface area (Å²) in [4.78, 5) is 4.83. The predicted molar refractivity (Wildman–Crippen MR) is 273 cm³/mol. The number of para-hydroxylation sites is 2. The number of fused-ring (bicyclic) bond motifs is 7. The van der Waals surface area contributed by atoms with Gasteiger partial charge in [-0.15, -0.1) is 0 Å². The third kappa shape index (κ3) is 5.20. The van der Waals surface area contributed by atoms with Crippen LogP contribution in [0.5, 0.6) is 0 Å².